The van der Waals surface area contributed by atoms with Crippen LogP contribution in [0.15, 0.2) is 0 Å². The summed E-state index contributed by atoms with van der Waals surface area (Å²) < 4.78 is 44.6. The van der Waals surface area contributed by atoms with Crippen molar-refractivity contribution in [3.8, 4) is 0 Å². The number of rotatable bonds is 14. The van der Waals surface area contributed by atoms with Gasteiger partial charge in [-0.2, -0.15) is 0 Å². The maximum Gasteiger partial charge on any atom is 0.364 e. The zero-order valence-corrected chi connectivity index (χ0v) is 35.5. The molecular weight excluding hydrogens is 868 g/mol. The van der Waals surface area contributed by atoms with Crippen LogP contribution in [-0.4, -0.2) is 261 Å². The third-order valence-corrected chi connectivity index (χ3v) is 12.8. The molecule has 5 aliphatic heterocycles. The first-order valence-electron chi connectivity index (χ1n) is 20.9. The molecule has 16 N–H and O–H groups in total. The van der Waals surface area contributed by atoms with E-state index < -0.39 is 192 Å². The molecule has 25 heteroatoms. The van der Waals surface area contributed by atoms with Gasteiger partial charge in [0.2, 0.25) is 0 Å². The fourth-order valence-electron chi connectivity index (χ4n) is 8.18. The molecule has 64 heavy (non-hydrogen) atoms. The van der Waals surface area contributed by atoms with Crippen molar-refractivity contribution in [1.29, 1.82) is 0 Å². The van der Waals surface area contributed by atoms with Gasteiger partial charge in [-0.25, -0.2) is 4.79 Å². The van der Waals surface area contributed by atoms with Gasteiger partial charge in [-0.1, -0.05) is 28.2 Å². The van der Waals surface area contributed by atoms with E-state index in [4.69, 9.17) is 37.9 Å². The lowest BCUT2D eigenvalue weighted by molar-refractivity contribution is -0.345. The second kappa shape index (κ2) is 24.2. The highest BCUT2D eigenvalue weighted by Gasteiger charge is 2.56. The number of hydrogen-bond donors (Lipinski definition) is 16. The van der Waals surface area contributed by atoms with E-state index in [1.54, 1.807) is 27.7 Å². The van der Waals surface area contributed by atoms with Crippen LogP contribution in [-0.2, 0) is 42.7 Å². The first-order valence-corrected chi connectivity index (χ1v) is 20.9. The fraction of sp³-hybridized carbons (Fsp3) is 0.974. The molecule has 5 rings (SSSR count). The number of ether oxygens (including phenoxy) is 8. The summed E-state index contributed by atoms with van der Waals surface area (Å²) in [5.74, 6) is -5.83. The van der Waals surface area contributed by atoms with Crippen LogP contribution < -0.4 is 0 Å². The van der Waals surface area contributed by atoms with Crippen LogP contribution in [0.4, 0.5) is 0 Å². The molecule has 5 saturated heterocycles. The first-order chi connectivity index (χ1) is 29.5. The topological polar surface area (TPSA) is 415 Å². The van der Waals surface area contributed by atoms with Crippen LogP contribution in [0.25, 0.3) is 0 Å². The molecular formula is C39H72O25. The van der Waals surface area contributed by atoms with Gasteiger partial charge in [0.1, 0.15) is 85.5 Å². The first kappa shape index (κ1) is 56.9. The Morgan fingerprint density at radius 2 is 1.00 bits per heavy atom. The third-order valence-electron chi connectivity index (χ3n) is 12.8. The van der Waals surface area contributed by atoms with E-state index >= 15 is 0 Å². The third kappa shape index (κ3) is 12.2. The minimum absolute atomic E-state index is 0. The van der Waals surface area contributed by atoms with Gasteiger partial charge in [-0.15, -0.1) is 0 Å². The van der Waals surface area contributed by atoms with Gasteiger partial charge < -0.3 is 120 Å². The standard InChI is InChI=1S/C24H42O16.C14H26O9.CH4/c1-8-10(3)37-14(17(31)20(8)39-22-19(33)18(32)16(30)13(6-26)38-22)7-36-24(23(34)35)4-11(27)9(2)21(40-24)15(29)12(28)5-25;1-5-6(2)21-8(4-16)10(18)13(5)23-14-12(20)11(19)9(17)7(3-15)22-14;/h8-22,25-33H,4-7H2,1-3H3,(H,34,35);5-20H,3-4H2,1-2H3;1H4/t8?,9?,10?,11?,12-,13?,14?,15-,16?,17?,18?,19?,20?,21?,22?,24?;;/m1../s1. The highest BCUT2D eigenvalue weighted by Crippen LogP contribution is 2.39. The lowest BCUT2D eigenvalue weighted by Crippen LogP contribution is -2.64. The molecule has 378 valence electrons. The summed E-state index contributed by atoms with van der Waals surface area (Å²) in [6.07, 6.45) is -29.2. The number of aliphatic hydroxyl groups is 15. The highest BCUT2D eigenvalue weighted by molar-refractivity contribution is 5.76. The molecule has 0 amide bonds. The van der Waals surface area contributed by atoms with Crippen molar-refractivity contribution in [2.45, 2.75) is 189 Å². The summed E-state index contributed by atoms with van der Waals surface area (Å²) in [6.45, 7) is 5.22. The van der Waals surface area contributed by atoms with Crippen LogP contribution in [0.5, 0.6) is 0 Å². The van der Waals surface area contributed by atoms with Gasteiger partial charge in [0.25, 0.3) is 5.79 Å². The van der Waals surface area contributed by atoms with Gasteiger partial charge in [0.05, 0.1) is 69.7 Å². The molecule has 0 aromatic heterocycles. The van der Waals surface area contributed by atoms with E-state index in [0.717, 1.165) is 0 Å². The molecule has 5 heterocycles. The van der Waals surface area contributed by atoms with Gasteiger partial charge in [0, 0.05) is 24.2 Å². The Hall–Kier alpha value is -1.45. The van der Waals surface area contributed by atoms with Crippen LogP contribution in [0.3, 0.4) is 0 Å². The van der Waals surface area contributed by atoms with Gasteiger partial charge in [-0.3, -0.25) is 0 Å². The van der Waals surface area contributed by atoms with Crippen LogP contribution >= 0.6 is 0 Å². The molecule has 0 spiro atoms. The van der Waals surface area contributed by atoms with Crippen molar-refractivity contribution in [3.63, 3.8) is 0 Å². The highest BCUT2D eigenvalue weighted by atomic mass is 16.7. The molecule has 0 aromatic rings. The Kier molecular flexibility index (Phi) is 21.5. The Bertz CT molecular complexity index is 1400. The summed E-state index contributed by atoms with van der Waals surface area (Å²) in [5.41, 5.74) is 0. The van der Waals surface area contributed by atoms with Crippen molar-refractivity contribution in [2.24, 2.45) is 17.8 Å². The van der Waals surface area contributed by atoms with Gasteiger partial charge in [-0.05, 0) is 13.8 Å². The van der Waals surface area contributed by atoms with E-state index in [9.17, 15) is 86.5 Å². The summed E-state index contributed by atoms with van der Waals surface area (Å²) in [6, 6.07) is 0. The normalized spacial score (nSPS) is 48.5. The summed E-state index contributed by atoms with van der Waals surface area (Å²) in [4.78, 5) is 12.3. The summed E-state index contributed by atoms with van der Waals surface area (Å²) in [7, 11) is 0. The minimum Gasteiger partial charge on any atom is -0.477 e. The van der Waals surface area contributed by atoms with Crippen LogP contribution in [0, 0.1) is 17.8 Å². The molecule has 0 radical (unpaired) electrons. The maximum atomic E-state index is 12.3. The Balaban J connectivity index is 0.000000385. The number of hydrogen-bond acceptors (Lipinski definition) is 24. The number of carbonyl (C=O) groups is 1. The van der Waals surface area contributed by atoms with Gasteiger partial charge in [0.15, 0.2) is 12.6 Å². The fourth-order valence-corrected chi connectivity index (χ4v) is 8.18. The number of aliphatic carboxylic acids is 1. The Morgan fingerprint density at radius 1 is 0.594 bits per heavy atom. The quantitative estimate of drug-likeness (QED) is 0.0769. The zero-order chi connectivity index (χ0) is 47.4. The van der Waals surface area contributed by atoms with Crippen molar-refractivity contribution >= 4 is 5.97 Å². The van der Waals surface area contributed by atoms with Gasteiger partial charge >= 0.3 is 5.97 Å². The second-order valence-electron chi connectivity index (χ2n) is 17.1. The second-order valence-corrected chi connectivity index (χ2v) is 17.1. The largest absolute Gasteiger partial charge is 0.477 e. The number of aliphatic hydroxyl groups excluding tert-OH is 15. The minimum atomic E-state index is -2.52. The lowest BCUT2D eigenvalue weighted by Gasteiger charge is -2.48. The van der Waals surface area contributed by atoms with Crippen LogP contribution in [0.2, 0.25) is 0 Å². The predicted molar refractivity (Wildman–Crippen MR) is 210 cm³/mol. The monoisotopic (exact) mass is 940 g/mol. The molecule has 0 aliphatic carbocycles. The van der Waals surface area contributed by atoms with E-state index in [1.165, 1.54) is 6.92 Å². The van der Waals surface area contributed by atoms with E-state index in [2.05, 4.69) is 0 Å². The predicted octanol–water partition coefficient (Wildman–Crippen LogP) is -7.16. The Morgan fingerprint density at radius 3 is 1.41 bits per heavy atom. The molecule has 0 aromatic carbocycles. The van der Waals surface area contributed by atoms with Crippen molar-refractivity contribution in [1.82, 2.24) is 0 Å². The maximum absolute atomic E-state index is 12.3. The summed E-state index contributed by atoms with van der Waals surface area (Å²) >= 11 is 0. The molecule has 26 atom stereocenters. The van der Waals surface area contributed by atoms with Crippen molar-refractivity contribution < 1.29 is 124 Å². The number of carboxylic acids is 1. The van der Waals surface area contributed by atoms with Crippen molar-refractivity contribution in [2.75, 3.05) is 33.0 Å². The molecule has 0 saturated carbocycles. The molecule has 24 unspecified atom stereocenters. The zero-order valence-electron chi connectivity index (χ0n) is 35.5. The molecule has 25 nitrogen and oxygen atoms in total. The molecule has 5 fully saturated rings. The lowest BCUT2D eigenvalue weighted by atomic mass is 9.84. The van der Waals surface area contributed by atoms with E-state index in [1.807, 2.05) is 0 Å². The molecule has 5 aliphatic rings. The molecule has 0 bridgehead atoms. The van der Waals surface area contributed by atoms with E-state index in [-0.39, 0.29) is 19.4 Å². The smallest absolute Gasteiger partial charge is 0.364 e. The van der Waals surface area contributed by atoms with E-state index in [0.29, 0.717) is 0 Å². The SMILES string of the molecule is C.CC1OC(CO)C(O)C(OC2OC(CO)C(O)C(O)C2O)C1C.CC1OC(COC2(C(=O)O)CC(O)C(C)C([C@H](O)[C@H](O)CO)O2)C(O)C(OC2OC(CO)C(O)C(O)C2O)C1C. The average molecular weight is 941 g/mol. The Labute approximate surface area is 369 Å². The summed E-state index contributed by atoms with van der Waals surface area (Å²) in [5, 5.41) is 159. The van der Waals surface area contributed by atoms with Crippen molar-refractivity contribution in [3.05, 3.63) is 0 Å². The van der Waals surface area contributed by atoms with Crippen LogP contribution in [0.1, 0.15) is 48.5 Å². The number of carboxylic acid groups (broad SMARTS) is 1. The average Bonchev–Trinajstić information content (AvgIpc) is 3.26.